The number of imidazole rings is 1. The first-order valence-corrected chi connectivity index (χ1v) is 6.62. The highest BCUT2D eigenvalue weighted by Gasteiger charge is 2.13. The van der Waals surface area contributed by atoms with Gasteiger partial charge in [0.25, 0.3) is 0 Å². The maximum absolute atomic E-state index is 14.2. The van der Waals surface area contributed by atoms with Crippen LogP contribution in [-0.4, -0.2) is 27.4 Å². The Bertz CT molecular complexity index is 914. The molecule has 0 N–H and O–H groups in total. The zero-order chi connectivity index (χ0) is 15.9. The summed E-state index contributed by atoms with van der Waals surface area (Å²) in [4.78, 5) is 23.3. The van der Waals surface area contributed by atoms with E-state index in [1.165, 1.54) is 6.07 Å². The highest BCUT2D eigenvalue weighted by molar-refractivity contribution is 5.84. The molecule has 110 valence electrons. The van der Waals surface area contributed by atoms with Gasteiger partial charge in [0.15, 0.2) is 17.8 Å². The molecule has 0 radical (unpaired) electrons. The summed E-state index contributed by atoms with van der Waals surface area (Å²) in [7, 11) is 0. The Balaban J connectivity index is 2.25. The summed E-state index contributed by atoms with van der Waals surface area (Å²) < 4.78 is 15.8. The highest BCUT2D eigenvalue weighted by atomic mass is 19.1. The predicted octanol–water partition coefficient (Wildman–Crippen LogP) is 3.30. The third-order valence-corrected chi connectivity index (χ3v) is 3.40. The van der Waals surface area contributed by atoms with Crippen LogP contribution in [-0.2, 0) is 0 Å². The first-order valence-electron chi connectivity index (χ1n) is 6.62. The van der Waals surface area contributed by atoms with E-state index in [1.54, 1.807) is 36.7 Å². The van der Waals surface area contributed by atoms with Gasteiger partial charge in [-0.05, 0) is 38.3 Å². The van der Waals surface area contributed by atoms with Crippen molar-refractivity contribution in [3.05, 3.63) is 47.3 Å². The zero-order valence-electron chi connectivity index (χ0n) is 12.2. The van der Waals surface area contributed by atoms with Gasteiger partial charge in [0.1, 0.15) is 5.69 Å². The number of aldehydes is 1. The largest absolute Gasteiger partial charge is 0.304 e. The summed E-state index contributed by atoms with van der Waals surface area (Å²) >= 11 is 0. The number of pyridine rings is 2. The van der Waals surface area contributed by atoms with Crippen LogP contribution in [0.3, 0.4) is 0 Å². The molecule has 3 aromatic heterocycles. The minimum absolute atomic E-state index is 0.187. The van der Waals surface area contributed by atoms with Gasteiger partial charge in [-0.3, -0.25) is 9.79 Å². The highest BCUT2D eigenvalue weighted by Crippen LogP contribution is 2.28. The molecule has 3 aromatic rings. The lowest BCUT2D eigenvalue weighted by atomic mass is 10.1. The number of rotatable bonds is 3. The van der Waals surface area contributed by atoms with E-state index in [9.17, 15) is 9.18 Å². The van der Waals surface area contributed by atoms with Crippen molar-refractivity contribution >= 4 is 24.3 Å². The molecule has 0 saturated carbocycles. The molecular weight excluding hydrogens is 283 g/mol. The molecule has 3 rings (SSSR count). The monoisotopic (exact) mass is 296 g/mol. The first kappa shape index (κ1) is 14.1. The Morgan fingerprint density at radius 3 is 2.73 bits per heavy atom. The van der Waals surface area contributed by atoms with Crippen LogP contribution in [0, 0.1) is 19.7 Å². The average molecular weight is 296 g/mol. The Kier molecular flexibility index (Phi) is 3.29. The fourth-order valence-corrected chi connectivity index (χ4v) is 2.45. The van der Waals surface area contributed by atoms with Crippen molar-refractivity contribution in [1.82, 2.24) is 14.4 Å². The van der Waals surface area contributed by atoms with Crippen LogP contribution in [0.1, 0.15) is 21.7 Å². The third kappa shape index (κ3) is 2.18. The molecule has 5 nitrogen and oxygen atoms in total. The first-order chi connectivity index (χ1) is 10.5. The SMILES string of the molecule is C=Nc1c(C)cc(-c2cc(F)c3nc(C)cn3c2)nc1C=O. The van der Waals surface area contributed by atoms with Crippen molar-refractivity contribution in [3.63, 3.8) is 0 Å². The van der Waals surface area contributed by atoms with Crippen molar-refractivity contribution < 1.29 is 9.18 Å². The molecule has 0 unspecified atom stereocenters. The van der Waals surface area contributed by atoms with Gasteiger partial charge in [-0.25, -0.2) is 14.4 Å². The Labute approximate surface area is 126 Å². The molecule has 0 fully saturated rings. The number of carbonyl (C=O) groups excluding carboxylic acids is 1. The van der Waals surface area contributed by atoms with Gasteiger partial charge < -0.3 is 4.40 Å². The maximum atomic E-state index is 14.2. The van der Waals surface area contributed by atoms with Crippen LogP contribution < -0.4 is 0 Å². The van der Waals surface area contributed by atoms with E-state index in [-0.39, 0.29) is 11.3 Å². The molecule has 6 heteroatoms. The Hall–Kier alpha value is -2.89. The van der Waals surface area contributed by atoms with Crippen molar-refractivity contribution in [2.75, 3.05) is 0 Å². The van der Waals surface area contributed by atoms with Crippen molar-refractivity contribution in [3.8, 4) is 11.3 Å². The number of hydrogen-bond acceptors (Lipinski definition) is 4. The molecule has 0 atom stereocenters. The number of aryl methyl sites for hydroxylation is 2. The van der Waals surface area contributed by atoms with Gasteiger partial charge >= 0.3 is 0 Å². The maximum Gasteiger partial charge on any atom is 0.173 e. The number of hydrogen-bond donors (Lipinski definition) is 0. The summed E-state index contributed by atoms with van der Waals surface area (Å²) in [6, 6.07) is 3.11. The fourth-order valence-electron chi connectivity index (χ4n) is 2.45. The summed E-state index contributed by atoms with van der Waals surface area (Å²) in [5.41, 5.74) is 3.43. The topological polar surface area (TPSA) is 59.6 Å². The lowest BCUT2D eigenvalue weighted by Gasteiger charge is -2.08. The van der Waals surface area contributed by atoms with Crippen LogP contribution in [0.5, 0.6) is 0 Å². The van der Waals surface area contributed by atoms with E-state index in [0.29, 0.717) is 23.2 Å². The smallest absolute Gasteiger partial charge is 0.173 e. The number of halogens is 1. The van der Waals surface area contributed by atoms with Crippen LogP contribution >= 0.6 is 0 Å². The van der Waals surface area contributed by atoms with Gasteiger partial charge in [0, 0.05) is 18.0 Å². The summed E-state index contributed by atoms with van der Waals surface area (Å²) in [5, 5.41) is 0. The zero-order valence-corrected chi connectivity index (χ0v) is 12.2. The summed E-state index contributed by atoms with van der Waals surface area (Å²) in [5.74, 6) is -0.441. The van der Waals surface area contributed by atoms with Gasteiger partial charge in [0.2, 0.25) is 0 Å². The molecule has 0 aliphatic heterocycles. The van der Waals surface area contributed by atoms with Crippen LogP contribution in [0.2, 0.25) is 0 Å². The number of carbonyl (C=O) groups is 1. The van der Waals surface area contributed by atoms with E-state index < -0.39 is 5.82 Å². The number of fused-ring (bicyclic) bond motifs is 1. The molecule has 0 aliphatic carbocycles. The average Bonchev–Trinajstić information content (AvgIpc) is 2.87. The fraction of sp³-hybridized carbons (Fsp3) is 0.125. The van der Waals surface area contributed by atoms with E-state index in [4.69, 9.17) is 0 Å². The van der Waals surface area contributed by atoms with Crippen molar-refractivity contribution in [1.29, 1.82) is 0 Å². The van der Waals surface area contributed by atoms with E-state index in [1.807, 2.05) is 0 Å². The molecular formula is C16H13FN4O. The number of aliphatic imine (C=N–C) groups is 1. The predicted molar refractivity (Wildman–Crippen MR) is 82.5 cm³/mol. The summed E-state index contributed by atoms with van der Waals surface area (Å²) in [6.45, 7) is 7.04. The molecule has 0 aliphatic rings. The molecule has 0 spiro atoms. The van der Waals surface area contributed by atoms with Gasteiger partial charge in [-0.2, -0.15) is 0 Å². The molecule has 3 heterocycles. The quantitative estimate of drug-likeness (QED) is 0.550. The van der Waals surface area contributed by atoms with Crippen molar-refractivity contribution in [2.45, 2.75) is 13.8 Å². The van der Waals surface area contributed by atoms with Gasteiger partial charge in [0.05, 0.1) is 17.1 Å². The lowest BCUT2D eigenvalue weighted by Crippen LogP contribution is -1.97. The normalized spacial score (nSPS) is 10.9. The minimum Gasteiger partial charge on any atom is -0.304 e. The molecule has 0 bridgehead atoms. The Morgan fingerprint density at radius 2 is 2.05 bits per heavy atom. The minimum atomic E-state index is -0.441. The molecule has 0 saturated heterocycles. The second-order valence-corrected chi connectivity index (χ2v) is 5.02. The molecule has 22 heavy (non-hydrogen) atoms. The number of aromatic nitrogens is 3. The molecule has 0 aromatic carbocycles. The second kappa shape index (κ2) is 5.14. The lowest BCUT2D eigenvalue weighted by molar-refractivity contribution is 0.112. The van der Waals surface area contributed by atoms with E-state index >= 15 is 0 Å². The third-order valence-electron chi connectivity index (χ3n) is 3.40. The second-order valence-electron chi connectivity index (χ2n) is 5.02. The summed E-state index contributed by atoms with van der Waals surface area (Å²) in [6.07, 6.45) is 4.08. The Morgan fingerprint density at radius 1 is 1.27 bits per heavy atom. The van der Waals surface area contributed by atoms with Crippen LogP contribution in [0.4, 0.5) is 10.1 Å². The van der Waals surface area contributed by atoms with Gasteiger partial charge in [-0.1, -0.05) is 0 Å². The van der Waals surface area contributed by atoms with E-state index in [2.05, 4.69) is 21.7 Å². The number of nitrogens with zero attached hydrogens (tertiary/aromatic N) is 4. The van der Waals surface area contributed by atoms with Crippen molar-refractivity contribution in [2.24, 2.45) is 4.99 Å². The van der Waals surface area contributed by atoms with Crippen LogP contribution in [0.25, 0.3) is 16.9 Å². The standard InChI is InChI=1S/C16H13FN4O/c1-9-4-13(20-14(8-22)15(9)18-3)11-5-12(17)16-19-10(2)6-21(16)7-11/h4-8H,3H2,1-2H3. The van der Waals surface area contributed by atoms with Crippen LogP contribution in [0.15, 0.2) is 29.5 Å². The molecule has 0 amide bonds. The van der Waals surface area contributed by atoms with Gasteiger partial charge in [-0.15, -0.1) is 0 Å². The van der Waals surface area contributed by atoms with E-state index in [0.717, 1.165) is 11.3 Å².